The zero-order chi connectivity index (χ0) is 19.6. The summed E-state index contributed by atoms with van der Waals surface area (Å²) in [7, 11) is -3.55. The fourth-order valence-corrected chi connectivity index (χ4v) is 3.96. The number of nitro groups is 1. The normalized spacial score (nSPS) is 11.1. The van der Waals surface area contributed by atoms with Crippen molar-refractivity contribution >= 4 is 37.9 Å². The Labute approximate surface area is 158 Å². The van der Waals surface area contributed by atoms with Gasteiger partial charge >= 0.3 is 0 Å². The van der Waals surface area contributed by atoms with Crippen molar-refractivity contribution in [1.29, 1.82) is 0 Å². The number of sulfone groups is 1. The highest BCUT2D eigenvalue weighted by molar-refractivity contribution is 7.90. The van der Waals surface area contributed by atoms with Crippen LogP contribution in [0.1, 0.15) is 10.4 Å². The lowest BCUT2D eigenvalue weighted by atomic mass is 10.1. The minimum absolute atomic E-state index is 0.0279. The van der Waals surface area contributed by atoms with Crippen LogP contribution in [0.5, 0.6) is 0 Å². The molecule has 2 aromatic carbocycles. The van der Waals surface area contributed by atoms with Crippen LogP contribution >= 0.6 is 11.3 Å². The number of benzene rings is 2. The second-order valence-corrected chi connectivity index (χ2v) is 8.41. The Morgan fingerprint density at radius 2 is 1.81 bits per heavy atom. The average molecular weight is 403 g/mol. The standard InChI is InChI=1S/C17H13N3O5S2/c1-27(24,25)15-5-3-2-4-13(15)16(21)19-17-18-14(10-26-17)11-6-8-12(9-7-11)20(22)23/h2-10H,1H3,(H,18,19,21). The van der Waals surface area contributed by atoms with Crippen LogP contribution in [0.25, 0.3) is 11.3 Å². The van der Waals surface area contributed by atoms with Crippen molar-refractivity contribution in [3.63, 3.8) is 0 Å². The Morgan fingerprint density at radius 1 is 1.15 bits per heavy atom. The van der Waals surface area contributed by atoms with Gasteiger partial charge in [-0.3, -0.25) is 20.2 Å². The zero-order valence-corrected chi connectivity index (χ0v) is 15.6. The summed E-state index contributed by atoms with van der Waals surface area (Å²) in [5, 5.41) is 15.3. The predicted molar refractivity (Wildman–Crippen MR) is 102 cm³/mol. The molecule has 0 aliphatic heterocycles. The Balaban J connectivity index is 1.82. The van der Waals surface area contributed by atoms with E-state index < -0.39 is 20.7 Å². The first kappa shape index (κ1) is 18.7. The van der Waals surface area contributed by atoms with Gasteiger partial charge in [-0.05, 0) is 24.3 Å². The molecule has 0 aliphatic carbocycles. The lowest BCUT2D eigenvalue weighted by Crippen LogP contribution is -2.15. The minimum Gasteiger partial charge on any atom is -0.298 e. The van der Waals surface area contributed by atoms with E-state index in [2.05, 4.69) is 10.3 Å². The summed E-state index contributed by atoms with van der Waals surface area (Å²) in [5.74, 6) is -0.583. The quantitative estimate of drug-likeness (QED) is 0.515. The molecule has 3 rings (SSSR count). The summed E-state index contributed by atoms with van der Waals surface area (Å²) in [5.41, 5.74) is 1.21. The number of nitrogens with one attached hydrogen (secondary N) is 1. The van der Waals surface area contributed by atoms with E-state index in [-0.39, 0.29) is 21.3 Å². The monoisotopic (exact) mass is 403 g/mol. The molecule has 3 aromatic rings. The number of non-ortho nitro benzene ring substituents is 1. The van der Waals surface area contributed by atoms with E-state index in [1.165, 1.54) is 24.3 Å². The summed E-state index contributed by atoms with van der Waals surface area (Å²) in [6.45, 7) is 0. The molecular weight excluding hydrogens is 390 g/mol. The molecule has 27 heavy (non-hydrogen) atoms. The van der Waals surface area contributed by atoms with Gasteiger partial charge in [-0.15, -0.1) is 11.3 Å². The molecule has 0 saturated heterocycles. The Kier molecular flexibility index (Phi) is 5.02. The van der Waals surface area contributed by atoms with E-state index in [1.807, 2.05) is 0 Å². The lowest BCUT2D eigenvalue weighted by molar-refractivity contribution is -0.384. The second-order valence-electron chi connectivity index (χ2n) is 5.56. The van der Waals surface area contributed by atoms with Gasteiger partial charge in [0.15, 0.2) is 15.0 Å². The summed E-state index contributed by atoms with van der Waals surface area (Å²) in [6.07, 6.45) is 1.04. The van der Waals surface area contributed by atoms with E-state index in [1.54, 1.807) is 29.6 Å². The number of nitrogens with zero attached hydrogens (tertiary/aromatic N) is 2. The highest BCUT2D eigenvalue weighted by atomic mass is 32.2. The van der Waals surface area contributed by atoms with Gasteiger partial charge in [0.25, 0.3) is 11.6 Å². The fraction of sp³-hybridized carbons (Fsp3) is 0.0588. The molecule has 1 amide bonds. The topological polar surface area (TPSA) is 119 Å². The first-order valence-corrected chi connectivity index (χ1v) is 10.3. The van der Waals surface area contributed by atoms with Crippen LogP contribution in [0.3, 0.4) is 0 Å². The first-order valence-electron chi connectivity index (χ1n) is 7.56. The van der Waals surface area contributed by atoms with E-state index in [0.29, 0.717) is 11.3 Å². The number of anilines is 1. The molecule has 1 N–H and O–H groups in total. The summed E-state index contributed by atoms with van der Waals surface area (Å²) >= 11 is 1.16. The fourth-order valence-electron chi connectivity index (χ4n) is 2.36. The third kappa shape index (κ3) is 4.18. The number of hydrogen-bond acceptors (Lipinski definition) is 7. The van der Waals surface area contributed by atoms with Crippen molar-refractivity contribution in [2.45, 2.75) is 4.90 Å². The maximum atomic E-state index is 12.5. The summed E-state index contributed by atoms with van der Waals surface area (Å²) < 4.78 is 23.7. The number of carbonyl (C=O) groups is 1. The molecule has 0 radical (unpaired) electrons. The van der Waals surface area contributed by atoms with Crippen LogP contribution in [-0.2, 0) is 9.84 Å². The van der Waals surface area contributed by atoms with Crippen LogP contribution < -0.4 is 5.32 Å². The number of carbonyl (C=O) groups excluding carboxylic acids is 1. The van der Waals surface area contributed by atoms with Crippen molar-refractivity contribution in [3.05, 3.63) is 69.6 Å². The molecule has 1 heterocycles. The van der Waals surface area contributed by atoms with Crippen molar-refractivity contribution in [1.82, 2.24) is 4.98 Å². The van der Waals surface area contributed by atoms with Gasteiger partial charge < -0.3 is 0 Å². The number of hydrogen-bond donors (Lipinski definition) is 1. The lowest BCUT2D eigenvalue weighted by Gasteiger charge is -2.07. The largest absolute Gasteiger partial charge is 0.298 e. The minimum atomic E-state index is -3.55. The smallest absolute Gasteiger partial charge is 0.269 e. The predicted octanol–water partition coefficient (Wildman–Crippen LogP) is 3.37. The van der Waals surface area contributed by atoms with Crippen LogP contribution in [0.15, 0.2) is 58.8 Å². The molecule has 10 heteroatoms. The third-order valence-corrected chi connectivity index (χ3v) is 5.54. The van der Waals surface area contributed by atoms with E-state index in [0.717, 1.165) is 17.6 Å². The van der Waals surface area contributed by atoms with Gasteiger partial charge in [-0.1, -0.05) is 12.1 Å². The van der Waals surface area contributed by atoms with Crippen molar-refractivity contribution in [3.8, 4) is 11.3 Å². The van der Waals surface area contributed by atoms with Gasteiger partial charge in [-0.25, -0.2) is 13.4 Å². The summed E-state index contributed by atoms with van der Waals surface area (Å²) in [6, 6.07) is 11.8. The molecule has 138 valence electrons. The molecule has 0 unspecified atom stereocenters. The van der Waals surface area contributed by atoms with Crippen LogP contribution in [0.4, 0.5) is 10.8 Å². The number of aromatic nitrogens is 1. The molecule has 0 atom stereocenters. The van der Waals surface area contributed by atoms with Crippen molar-refractivity contribution < 1.29 is 18.1 Å². The molecule has 8 nitrogen and oxygen atoms in total. The highest BCUT2D eigenvalue weighted by Crippen LogP contribution is 2.27. The van der Waals surface area contributed by atoms with Crippen molar-refractivity contribution in [2.24, 2.45) is 0 Å². The van der Waals surface area contributed by atoms with Gasteiger partial charge in [-0.2, -0.15) is 0 Å². The third-order valence-electron chi connectivity index (χ3n) is 3.63. The maximum absolute atomic E-state index is 12.5. The SMILES string of the molecule is CS(=O)(=O)c1ccccc1C(=O)Nc1nc(-c2ccc([N+](=O)[O-])cc2)cs1. The summed E-state index contributed by atoms with van der Waals surface area (Å²) in [4.78, 5) is 26.9. The molecule has 1 aromatic heterocycles. The molecular formula is C17H13N3O5S2. The highest BCUT2D eigenvalue weighted by Gasteiger charge is 2.19. The molecule has 0 spiro atoms. The average Bonchev–Trinajstić information content (AvgIpc) is 3.09. The van der Waals surface area contributed by atoms with Gasteiger partial charge in [0.2, 0.25) is 0 Å². The Bertz CT molecular complexity index is 1120. The number of rotatable bonds is 5. The maximum Gasteiger partial charge on any atom is 0.269 e. The molecule has 0 fully saturated rings. The zero-order valence-electron chi connectivity index (χ0n) is 13.9. The van der Waals surface area contributed by atoms with E-state index >= 15 is 0 Å². The number of amides is 1. The van der Waals surface area contributed by atoms with Crippen LogP contribution in [0.2, 0.25) is 0 Å². The van der Waals surface area contributed by atoms with E-state index in [9.17, 15) is 23.3 Å². The van der Waals surface area contributed by atoms with Crippen molar-refractivity contribution in [2.75, 3.05) is 11.6 Å². The number of nitro benzene ring substituents is 1. The molecule has 0 aliphatic rings. The molecule has 0 bridgehead atoms. The van der Waals surface area contributed by atoms with E-state index in [4.69, 9.17) is 0 Å². The van der Waals surface area contributed by atoms with Crippen LogP contribution in [0, 0.1) is 10.1 Å². The van der Waals surface area contributed by atoms with Gasteiger partial charge in [0, 0.05) is 29.3 Å². The Hall–Kier alpha value is -3.11. The molecule has 0 saturated carbocycles. The number of thiazole rings is 1. The van der Waals surface area contributed by atoms with Gasteiger partial charge in [0.05, 0.1) is 21.1 Å². The van der Waals surface area contributed by atoms with Crippen LogP contribution in [-0.4, -0.2) is 30.5 Å². The van der Waals surface area contributed by atoms with Gasteiger partial charge in [0.1, 0.15) is 0 Å². The Morgan fingerprint density at radius 3 is 2.44 bits per heavy atom. The second kappa shape index (κ2) is 7.25. The first-order chi connectivity index (χ1) is 12.8.